The minimum Gasteiger partial charge on any atom is -0.469 e. The lowest BCUT2D eigenvalue weighted by molar-refractivity contribution is -0.143. The molecule has 0 atom stereocenters. The van der Waals surface area contributed by atoms with Gasteiger partial charge in [-0.3, -0.25) is 19.2 Å². The molecule has 116 valence electrons. The van der Waals surface area contributed by atoms with Crippen molar-refractivity contribution in [3.63, 3.8) is 0 Å². The minimum absolute atomic E-state index is 0.130. The molecule has 0 aliphatic carbocycles. The number of ketones is 3. The number of rotatable bonds is 9. The van der Waals surface area contributed by atoms with Crippen LogP contribution in [0.3, 0.4) is 0 Å². The van der Waals surface area contributed by atoms with Gasteiger partial charge in [-0.1, -0.05) is 36.4 Å². The van der Waals surface area contributed by atoms with Gasteiger partial charge in [-0.2, -0.15) is 0 Å². The molecule has 1 aromatic rings. The first-order chi connectivity index (χ1) is 10.5. The predicted octanol–water partition coefficient (Wildman–Crippen LogP) is 2.30. The van der Waals surface area contributed by atoms with Crippen molar-refractivity contribution in [3.8, 4) is 0 Å². The Morgan fingerprint density at radius 3 is 2.32 bits per heavy atom. The Balaban J connectivity index is 2.30. The molecule has 1 rings (SSSR count). The fraction of sp³-hybridized carbons (Fsp3) is 0.294. The fourth-order valence-electron chi connectivity index (χ4n) is 1.74. The maximum absolute atomic E-state index is 11.7. The summed E-state index contributed by atoms with van der Waals surface area (Å²) < 4.78 is 4.35. The molecule has 5 nitrogen and oxygen atoms in total. The molecule has 0 bridgehead atoms. The average Bonchev–Trinajstić information content (AvgIpc) is 2.51. The van der Waals surface area contributed by atoms with Crippen molar-refractivity contribution in [2.45, 2.75) is 25.7 Å². The number of carbonyl (C=O) groups excluding carboxylic acids is 4. The molecule has 0 aromatic heterocycles. The van der Waals surface area contributed by atoms with E-state index in [1.54, 1.807) is 30.3 Å². The lowest BCUT2D eigenvalue weighted by atomic mass is 10.1. The second-order valence-corrected chi connectivity index (χ2v) is 4.68. The Kier molecular flexibility index (Phi) is 7.47. The summed E-state index contributed by atoms with van der Waals surface area (Å²) in [4.78, 5) is 45.5. The quantitative estimate of drug-likeness (QED) is 0.303. The number of hydrogen-bond acceptors (Lipinski definition) is 5. The zero-order valence-electron chi connectivity index (χ0n) is 12.4. The molecule has 0 N–H and O–H groups in total. The molecule has 0 fully saturated rings. The molecule has 0 saturated carbocycles. The highest BCUT2D eigenvalue weighted by Crippen LogP contribution is 2.04. The third kappa shape index (κ3) is 6.74. The van der Waals surface area contributed by atoms with E-state index in [4.69, 9.17) is 0 Å². The van der Waals surface area contributed by atoms with Crippen LogP contribution in [0.15, 0.2) is 42.5 Å². The smallest absolute Gasteiger partial charge is 0.313 e. The largest absolute Gasteiger partial charge is 0.469 e. The number of methoxy groups -OCH3 is 1. The first-order valence-corrected chi connectivity index (χ1v) is 6.89. The van der Waals surface area contributed by atoms with Crippen molar-refractivity contribution >= 4 is 23.3 Å². The summed E-state index contributed by atoms with van der Waals surface area (Å²) in [5.74, 6) is -1.49. The highest BCUT2D eigenvalue weighted by molar-refractivity contribution is 6.06. The van der Waals surface area contributed by atoms with E-state index in [-0.39, 0.29) is 30.8 Å². The molecule has 0 aliphatic heterocycles. The number of carbonyl (C=O) groups is 4. The van der Waals surface area contributed by atoms with Crippen molar-refractivity contribution in [2.24, 2.45) is 0 Å². The van der Waals surface area contributed by atoms with Crippen LogP contribution in [-0.2, 0) is 19.1 Å². The van der Waals surface area contributed by atoms with Gasteiger partial charge in [0.25, 0.3) is 0 Å². The molecule has 5 heteroatoms. The van der Waals surface area contributed by atoms with E-state index < -0.39 is 11.8 Å². The van der Waals surface area contributed by atoms with E-state index in [0.717, 1.165) is 0 Å². The van der Waals surface area contributed by atoms with Crippen molar-refractivity contribution in [1.29, 1.82) is 0 Å². The topological polar surface area (TPSA) is 77.5 Å². The molecule has 0 radical (unpaired) electrons. The standard InChI is InChI=1S/C17H18O5/c1-22-17(21)12-15(19)11-14(18)9-5-6-10-16(20)13-7-3-2-4-8-13/h2-4,6-8,10H,5,9,11-12H2,1H3/b10-6+. The molecule has 0 spiro atoms. The van der Waals surface area contributed by atoms with E-state index in [2.05, 4.69) is 4.74 Å². The summed E-state index contributed by atoms with van der Waals surface area (Å²) in [6.45, 7) is 0. The van der Waals surface area contributed by atoms with Crippen LogP contribution in [0.5, 0.6) is 0 Å². The lowest BCUT2D eigenvalue weighted by Gasteiger charge is -1.99. The Bertz CT molecular complexity index is 572. The SMILES string of the molecule is COC(=O)CC(=O)CC(=O)CC/C=C/C(=O)c1ccccc1. The Hall–Kier alpha value is -2.56. The Morgan fingerprint density at radius 2 is 1.68 bits per heavy atom. The summed E-state index contributed by atoms with van der Waals surface area (Å²) >= 11 is 0. The van der Waals surface area contributed by atoms with Gasteiger partial charge in [0, 0.05) is 12.0 Å². The Labute approximate surface area is 129 Å². The first kappa shape index (κ1) is 17.5. The molecule has 0 aliphatic rings. The van der Waals surface area contributed by atoms with Gasteiger partial charge < -0.3 is 4.74 Å². The summed E-state index contributed by atoms with van der Waals surface area (Å²) in [7, 11) is 1.19. The minimum atomic E-state index is -0.647. The van der Waals surface area contributed by atoms with Crippen molar-refractivity contribution < 1.29 is 23.9 Å². The number of Topliss-reactive ketones (excluding diaryl/α,β-unsaturated/α-hetero) is 2. The van der Waals surface area contributed by atoms with Crippen LogP contribution < -0.4 is 0 Å². The number of benzene rings is 1. The van der Waals surface area contributed by atoms with E-state index in [0.29, 0.717) is 12.0 Å². The predicted molar refractivity (Wildman–Crippen MR) is 80.4 cm³/mol. The van der Waals surface area contributed by atoms with Gasteiger partial charge in [0.2, 0.25) is 0 Å². The van der Waals surface area contributed by atoms with Gasteiger partial charge in [-0.25, -0.2) is 0 Å². The summed E-state index contributed by atoms with van der Waals surface area (Å²) in [5.41, 5.74) is 0.582. The fourth-order valence-corrected chi connectivity index (χ4v) is 1.74. The van der Waals surface area contributed by atoms with Crippen molar-refractivity contribution in [3.05, 3.63) is 48.0 Å². The van der Waals surface area contributed by atoms with E-state index >= 15 is 0 Å². The molecular weight excluding hydrogens is 284 g/mol. The first-order valence-electron chi connectivity index (χ1n) is 6.89. The maximum Gasteiger partial charge on any atom is 0.313 e. The number of hydrogen-bond donors (Lipinski definition) is 0. The van der Waals surface area contributed by atoms with Crippen molar-refractivity contribution in [1.82, 2.24) is 0 Å². The molecule has 1 aromatic carbocycles. The number of allylic oxidation sites excluding steroid dienone is 2. The molecule has 22 heavy (non-hydrogen) atoms. The summed E-state index contributed by atoms with van der Waals surface area (Å²) in [6.07, 6.45) is 2.89. The highest BCUT2D eigenvalue weighted by atomic mass is 16.5. The Morgan fingerprint density at radius 1 is 1.00 bits per heavy atom. The lowest BCUT2D eigenvalue weighted by Crippen LogP contribution is -2.13. The van der Waals surface area contributed by atoms with Crippen LogP contribution in [0.4, 0.5) is 0 Å². The third-order valence-electron chi connectivity index (χ3n) is 2.88. The van der Waals surface area contributed by atoms with Crippen molar-refractivity contribution in [2.75, 3.05) is 7.11 Å². The van der Waals surface area contributed by atoms with Crippen LogP contribution in [0.25, 0.3) is 0 Å². The highest BCUT2D eigenvalue weighted by Gasteiger charge is 2.13. The van der Waals surface area contributed by atoms with Crippen LogP contribution in [0.2, 0.25) is 0 Å². The van der Waals surface area contributed by atoms with E-state index in [1.807, 2.05) is 6.07 Å². The van der Waals surface area contributed by atoms with E-state index in [9.17, 15) is 19.2 Å². The molecule has 0 unspecified atom stereocenters. The van der Waals surface area contributed by atoms with Gasteiger partial charge in [0.1, 0.15) is 12.2 Å². The molecule has 0 heterocycles. The van der Waals surface area contributed by atoms with Gasteiger partial charge in [0.15, 0.2) is 11.6 Å². The zero-order chi connectivity index (χ0) is 16.4. The van der Waals surface area contributed by atoms with Gasteiger partial charge in [-0.05, 0) is 12.5 Å². The second kappa shape index (κ2) is 9.39. The molecular formula is C17H18O5. The van der Waals surface area contributed by atoms with Crippen LogP contribution in [0, 0.1) is 0 Å². The normalized spacial score (nSPS) is 10.4. The van der Waals surface area contributed by atoms with Crippen LogP contribution >= 0.6 is 0 Å². The summed E-state index contributed by atoms with van der Waals surface area (Å²) in [5, 5.41) is 0. The van der Waals surface area contributed by atoms with Crippen LogP contribution in [0.1, 0.15) is 36.0 Å². The summed E-state index contributed by atoms with van der Waals surface area (Å²) in [6, 6.07) is 8.80. The zero-order valence-corrected chi connectivity index (χ0v) is 12.4. The van der Waals surface area contributed by atoms with Gasteiger partial charge >= 0.3 is 5.97 Å². The third-order valence-corrected chi connectivity index (χ3v) is 2.88. The van der Waals surface area contributed by atoms with Crippen LogP contribution in [-0.4, -0.2) is 30.4 Å². The number of esters is 1. The maximum atomic E-state index is 11.7. The average molecular weight is 302 g/mol. The second-order valence-electron chi connectivity index (χ2n) is 4.68. The molecule has 0 saturated heterocycles. The molecule has 0 amide bonds. The van der Waals surface area contributed by atoms with Gasteiger partial charge in [-0.15, -0.1) is 0 Å². The monoisotopic (exact) mass is 302 g/mol. The van der Waals surface area contributed by atoms with E-state index in [1.165, 1.54) is 13.2 Å². The number of ether oxygens (including phenoxy) is 1. The van der Waals surface area contributed by atoms with Gasteiger partial charge in [0.05, 0.1) is 13.5 Å².